The van der Waals surface area contributed by atoms with Crippen molar-refractivity contribution in [2.45, 2.75) is 13.0 Å². The van der Waals surface area contributed by atoms with Crippen LogP contribution >= 0.6 is 0 Å². The summed E-state index contributed by atoms with van der Waals surface area (Å²) in [5, 5.41) is 21.6. The predicted octanol–water partition coefficient (Wildman–Crippen LogP) is 4.23. The van der Waals surface area contributed by atoms with E-state index in [1.165, 1.54) is 12.1 Å². The normalized spacial score (nSPS) is 11.9. The summed E-state index contributed by atoms with van der Waals surface area (Å²) in [6.07, 6.45) is 5.06. The smallest absolute Gasteiger partial charge is 0.320 e. The lowest BCUT2D eigenvalue weighted by molar-refractivity contribution is 0.249. The van der Waals surface area contributed by atoms with Gasteiger partial charge in [0.05, 0.1) is 29.6 Å². The molecule has 0 bridgehead atoms. The fourth-order valence-electron chi connectivity index (χ4n) is 3.50. The molecular weight excluding hydrogens is 423 g/mol. The van der Waals surface area contributed by atoms with E-state index in [9.17, 15) is 9.18 Å². The molecule has 0 spiro atoms. The van der Waals surface area contributed by atoms with Crippen molar-refractivity contribution in [3.63, 3.8) is 0 Å². The molecule has 10 heteroatoms. The second-order valence-corrected chi connectivity index (χ2v) is 7.45. The largest absolute Gasteiger partial charge is 0.331 e. The van der Waals surface area contributed by atoms with Gasteiger partial charge in [0.2, 0.25) is 0 Å². The van der Waals surface area contributed by atoms with Crippen molar-refractivity contribution < 1.29 is 9.18 Å². The first-order chi connectivity index (χ1) is 16.1. The molecule has 3 heterocycles. The number of nitrogens with one attached hydrogen (secondary N) is 3. The summed E-state index contributed by atoms with van der Waals surface area (Å²) in [7, 11) is 0. The Balaban J connectivity index is 1.29. The molecule has 164 valence electrons. The van der Waals surface area contributed by atoms with Gasteiger partial charge in [-0.2, -0.15) is 5.10 Å². The molecule has 3 N–H and O–H groups in total. The van der Waals surface area contributed by atoms with Crippen molar-refractivity contribution in [3.05, 3.63) is 84.6 Å². The molecule has 0 radical (unpaired) electrons. The Morgan fingerprint density at radius 3 is 2.64 bits per heavy atom. The highest BCUT2D eigenvalue weighted by molar-refractivity contribution is 5.95. The van der Waals surface area contributed by atoms with E-state index in [0.29, 0.717) is 5.82 Å². The molecule has 0 saturated heterocycles. The van der Waals surface area contributed by atoms with E-state index in [1.54, 1.807) is 41.5 Å². The number of halogens is 1. The zero-order valence-corrected chi connectivity index (χ0v) is 17.5. The third kappa shape index (κ3) is 4.26. The van der Waals surface area contributed by atoms with Gasteiger partial charge in [0, 0.05) is 23.2 Å². The number of hydrogen-bond donors (Lipinski definition) is 3. The fourth-order valence-corrected chi connectivity index (χ4v) is 3.50. The number of carbonyl (C=O) groups is 1. The lowest BCUT2D eigenvalue weighted by Gasteiger charge is -2.14. The minimum atomic E-state index is -0.415. The number of pyridine rings is 1. The molecule has 5 aromatic rings. The molecule has 0 aliphatic heterocycles. The number of benzene rings is 2. The van der Waals surface area contributed by atoms with Crippen LogP contribution in [0.4, 0.5) is 15.0 Å². The molecule has 1 atom stereocenters. The monoisotopic (exact) mass is 442 g/mol. The van der Waals surface area contributed by atoms with E-state index in [0.717, 1.165) is 33.4 Å². The van der Waals surface area contributed by atoms with Gasteiger partial charge in [-0.3, -0.25) is 10.4 Å². The van der Waals surface area contributed by atoms with Gasteiger partial charge in [0.25, 0.3) is 0 Å². The van der Waals surface area contributed by atoms with Crippen molar-refractivity contribution in [3.8, 4) is 16.9 Å². The molecule has 2 amide bonds. The Bertz CT molecular complexity index is 1400. The number of hydrogen-bond acceptors (Lipinski definition) is 5. The fraction of sp³-hybridized carbons (Fsp3) is 0.0870. The predicted molar refractivity (Wildman–Crippen MR) is 121 cm³/mol. The summed E-state index contributed by atoms with van der Waals surface area (Å²) >= 11 is 0. The van der Waals surface area contributed by atoms with E-state index in [-0.39, 0.29) is 11.9 Å². The Morgan fingerprint density at radius 1 is 1.12 bits per heavy atom. The van der Waals surface area contributed by atoms with Crippen LogP contribution in [-0.4, -0.2) is 36.2 Å². The second kappa shape index (κ2) is 8.50. The van der Waals surface area contributed by atoms with Crippen molar-refractivity contribution in [1.29, 1.82) is 0 Å². The van der Waals surface area contributed by atoms with Crippen LogP contribution in [-0.2, 0) is 0 Å². The molecule has 0 unspecified atom stereocenters. The summed E-state index contributed by atoms with van der Waals surface area (Å²) in [4.78, 5) is 16.7. The summed E-state index contributed by atoms with van der Waals surface area (Å²) in [6, 6.07) is 14.8. The molecule has 0 fully saturated rings. The van der Waals surface area contributed by atoms with Crippen molar-refractivity contribution in [1.82, 2.24) is 35.5 Å². The van der Waals surface area contributed by atoms with Crippen LogP contribution in [0.5, 0.6) is 0 Å². The molecule has 5 rings (SSSR count). The first-order valence-electron chi connectivity index (χ1n) is 10.2. The maximum absolute atomic E-state index is 13.1. The van der Waals surface area contributed by atoms with E-state index in [1.807, 2.05) is 31.2 Å². The number of aromatic nitrogens is 6. The number of nitrogens with zero attached hydrogens (tertiary/aromatic N) is 5. The van der Waals surface area contributed by atoms with Crippen molar-refractivity contribution in [2.75, 3.05) is 5.32 Å². The highest BCUT2D eigenvalue weighted by Gasteiger charge is 2.13. The highest BCUT2D eigenvalue weighted by Crippen LogP contribution is 2.27. The lowest BCUT2D eigenvalue weighted by atomic mass is 10.1. The Labute approximate surface area is 187 Å². The third-order valence-electron chi connectivity index (χ3n) is 5.23. The van der Waals surface area contributed by atoms with Gasteiger partial charge in [-0.15, -0.1) is 5.10 Å². The molecule has 33 heavy (non-hydrogen) atoms. The van der Waals surface area contributed by atoms with Gasteiger partial charge in [-0.25, -0.2) is 18.9 Å². The van der Waals surface area contributed by atoms with Gasteiger partial charge in [0.1, 0.15) is 17.3 Å². The number of anilines is 1. The average Bonchev–Trinajstić information content (AvgIpc) is 3.50. The van der Waals surface area contributed by atoms with Crippen molar-refractivity contribution >= 4 is 22.8 Å². The maximum Gasteiger partial charge on any atom is 0.320 e. The van der Waals surface area contributed by atoms with E-state index >= 15 is 0 Å². The third-order valence-corrected chi connectivity index (χ3v) is 5.23. The maximum atomic E-state index is 13.1. The molecule has 3 aromatic heterocycles. The number of rotatable bonds is 5. The Kier molecular flexibility index (Phi) is 5.23. The number of amides is 2. The van der Waals surface area contributed by atoms with Crippen LogP contribution in [0.1, 0.15) is 18.5 Å². The number of fused-ring (bicyclic) bond motifs is 1. The summed E-state index contributed by atoms with van der Waals surface area (Å²) < 4.78 is 14.8. The first-order valence-corrected chi connectivity index (χ1v) is 10.2. The second-order valence-electron chi connectivity index (χ2n) is 7.45. The Hall–Kier alpha value is -4.60. The molecule has 0 aliphatic rings. The SMILES string of the molecule is C[C@@H](NC(=O)Nc1cc2[nH]nc(-c3ccc(-n4ccnn4)cc3)c2cn1)c1ccc(F)cc1. The highest BCUT2D eigenvalue weighted by atomic mass is 19.1. The Morgan fingerprint density at radius 2 is 1.91 bits per heavy atom. The van der Waals surface area contributed by atoms with E-state index in [4.69, 9.17) is 0 Å². The van der Waals surface area contributed by atoms with Crippen LogP contribution in [0.3, 0.4) is 0 Å². The van der Waals surface area contributed by atoms with Gasteiger partial charge in [0.15, 0.2) is 0 Å². The molecule has 9 nitrogen and oxygen atoms in total. The van der Waals surface area contributed by atoms with E-state index < -0.39 is 6.03 Å². The van der Waals surface area contributed by atoms with Gasteiger partial charge in [-0.05, 0) is 36.8 Å². The van der Waals surface area contributed by atoms with Gasteiger partial charge < -0.3 is 5.32 Å². The van der Waals surface area contributed by atoms with Crippen LogP contribution in [0.15, 0.2) is 73.2 Å². The van der Waals surface area contributed by atoms with Gasteiger partial charge in [-0.1, -0.05) is 29.5 Å². The minimum absolute atomic E-state index is 0.298. The van der Waals surface area contributed by atoms with E-state index in [2.05, 4.69) is 36.1 Å². The molecule has 0 aliphatic carbocycles. The first kappa shape index (κ1) is 20.3. The summed E-state index contributed by atoms with van der Waals surface area (Å²) in [6.45, 7) is 1.82. The zero-order valence-electron chi connectivity index (χ0n) is 17.5. The average molecular weight is 442 g/mol. The molecule has 2 aromatic carbocycles. The summed E-state index contributed by atoms with van der Waals surface area (Å²) in [5.74, 6) is 0.0565. The zero-order chi connectivity index (χ0) is 22.8. The van der Waals surface area contributed by atoms with Gasteiger partial charge >= 0.3 is 6.03 Å². The number of urea groups is 1. The van der Waals surface area contributed by atoms with Crippen LogP contribution in [0, 0.1) is 5.82 Å². The van der Waals surface area contributed by atoms with Crippen LogP contribution < -0.4 is 10.6 Å². The summed E-state index contributed by atoms with van der Waals surface area (Å²) in [5.41, 5.74) is 4.09. The molecule has 0 saturated carbocycles. The standard InChI is InChI=1S/C23H19FN8O/c1-14(15-2-6-17(24)7-3-15)27-23(33)28-21-12-20-19(13-25-21)22(30-29-20)16-4-8-18(9-5-16)32-11-10-26-31-32/h2-14H,1H3,(H,29,30)(H2,25,27,28,33)/t14-/m1/s1. The topological polar surface area (TPSA) is 113 Å². The number of carbonyl (C=O) groups excluding carboxylic acids is 1. The number of H-pyrrole nitrogens is 1. The van der Waals surface area contributed by atoms with Crippen LogP contribution in [0.25, 0.3) is 27.8 Å². The lowest BCUT2D eigenvalue weighted by Crippen LogP contribution is -2.31. The molecular formula is C23H19FN8O. The van der Waals surface area contributed by atoms with Crippen LogP contribution in [0.2, 0.25) is 0 Å². The quantitative estimate of drug-likeness (QED) is 0.377. The minimum Gasteiger partial charge on any atom is -0.331 e. The number of aromatic amines is 1. The van der Waals surface area contributed by atoms with Crippen molar-refractivity contribution in [2.24, 2.45) is 0 Å².